The third-order valence-corrected chi connectivity index (χ3v) is 4.30. The van der Waals surface area contributed by atoms with Gasteiger partial charge in [-0.2, -0.15) is 0 Å². The van der Waals surface area contributed by atoms with Crippen molar-refractivity contribution in [2.24, 2.45) is 0 Å². The van der Waals surface area contributed by atoms with Crippen LogP contribution >= 0.6 is 0 Å². The lowest BCUT2D eigenvalue weighted by atomic mass is 9.86. The number of fused-ring (bicyclic) bond motifs is 1. The van der Waals surface area contributed by atoms with E-state index < -0.39 is 0 Å². The number of pyridine rings is 1. The van der Waals surface area contributed by atoms with E-state index in [2.05, 4.69) is 53.1 Å². The van der Waals surface area contributed by atoms with Gasteiger partial charge in [-0.3, -0.25) is 9.80 Å². The van der Waals surface area contributed by atoms with E-state index in [0.717, 1.165) is 24.4 Å². The Labute approximate surface area is 115 Å². The number of aryl methyl sites for hydroxylation is 1. The van der Waals surface area contributed by atoms with Crippen LogP contribution in [0, 0.1) is 6.92 Å². The van der Waals surface area contributed by atoms with Crippen molar-refractivity contribution in [3.8, 4) is 0 Å². The monoisotopic (exact) mass is 258 g/mol. The molecule has 2 aliphatic rings. The lowest BCUT2D eigenvalue weighted by Crippen LogP contribution is -2.77. The second-order valence-corrected chi connectivity index (χ2v) is 5.66. The minimum atomic E-state index is 0.771. The number of nitrogens with zero attached hydrogens (tertiary/aromatic N) is 3. The summed E-state index contributed by atoms with van der Waals surface area (Å²) >= 11 is 0. The lowest BCUT2D eigenvalue weighted by Gasteiger charge is -2.61. The van der Waals surface area contributed by atoms with E-state index in [-0.39, 0.29) is 0 Å². The summed E-state index contributed by atoms with van der Waals surface area (Å²) < 4.78 is 0. The largest absolute Gasteiger partial charge is 0.343 e. The number of allylic oxidation sites excluding steroid dienone is 1. The number of hydrogen-bond donors (Lipinski definition) is 1. The van der Waals surface area contributed by atoms with Gasteiger partial charge in [0.1, 0.15) is 5.82 Å². The minimum Gasteiger partial charge on any atom is -0.343 e. The van der Waals surface area contributed by atoms with E-state index in [1.807, 2.05) is 12.3 Å². The van der Waals surface area contributed by atoms with Crippen LogP contribution in [0.2, 0.25) is 0 Å². The van der Waals surface area contributed by atoms with Crippen LogP contribution in [0.25, 0.3) is 0 Å². The van der Waals surface area contributed by atoms with Crippen molar-refractivity contribution in [3.05, 3.63) is 35.7 Å². The van der Waals surface area contributed by atoms with Gasteiger partial charge in [-0.25, -0.2) is 4.98 Å². The van der Waals surface area contributed by atoms with Gasteiger partial charge in [0, 0.05) is 43.6 Å². The van der Waals surface area contributed by atoms with Gasteiger partial charge in [-0.05, 0) is 38.6 Å². The molecule has 3 heterocycles. The van der Waals surface area contributed by atoms with E-state index in [4.69, 9.17) is 0 Å². The molecule has 0 bridgehead atoms. The maximum absolute atomic E-state index is 4.36. The fourth-order valence-electron chi connectivity index (χ4n) is 2.94. The summed E-state index contributed by atoms with van der Waals surface area (Å²) in [5, 5.41) is 3.43. The molecule has 0 aromatic carbocycles. The zero-order valence-corrected chi connectivity index (χ0v) is 11.9. The average molecular weight is 258 g/mol. The third-order valence-electron chi connectivity index (χ3n) is 4.30. The molecule has 4 nitrogen and oxygen atoms in total. The Morgan fingerprint density at radius 2 is 2.32 bits per heavy atom. The number of aromatic nitrogens is 1. The van der Waals surface area contributed by atoms with Crippen LogP contribution in [0.3, 0.4) is 0 Å². The molecule has 0 amide bonds. The van der Waals surface area contributed by atoms with Crippen LogP contribution in [-0.4, -0.2) is 53.5 Å². The maximum atomic E-state index is 4.36. The molecule has 2 saturated heterocycles. The first kappa shape index (κ1) is 12.6. The molecule has 1 aromatic rings. The molecule has 0 radical (unpaired) electrons. The number of hydrogen-bond acceptors (Lipinski definition) is 4. The van der Waals surface area contributed by atoms with E-state index in [9.17, 15) is 0 Å². The first-order valence-corrected chi connectivity index (χ1v) is 6.96. The van der Waals surface area contributed by atoms with Crippen LogP contribution < -0.4 is 5.32 Å². The van der Waals surface area contributed by atoms with Gasteiger partial charge in [0.15, 0.2) is 0 Å². The first-order valence-electron chi connectivity index (χ1n) is 6.96. The van der Waals surface area contributed by atoms with Gasteiger partial charge in [0.2, 0.25) is 0 Å². The van der Waals surface area contributed by atoms with E-state index in [1.165, 1.54) is 24.4 Å². The summed E-state index contributed by atoms with van der Waals surface area (Å²) in [7, 11) is 2.21. The molecule has 3 rings (SSSR count). The Balaban J connectivity index is 1.57. The predicted molar refractivity (Wildman–Crippen MR) is 78.1 cm³/mol. The molecule has 2 aliphatic heterocycles. The minimum absolute atomic E-state index is 0.771. The maximum Gasteiger partial charge on any atom is 0.130 e. The Hall–Kier alpha value is -1.39. The van der Waals surface area contributed by atoms with Gasteiger partial charge < -0.3 is 5.32 Å². The quantitative estimate of drug-likeness (QED) is 0.891. The molecule has 1 aromatic heterocycles. The fourth-order valence-corrected chi connectivity index (χ4v) is 2.94. The molecule has 2 unspecified atom stereocenters. The molecule has 1 N–H and O–H groups in total. The number of likely N-dealkylation sites (N-methyl/N-ethyl adjacent to an activating group) is 1. The standard InChI is InChI=1S/C15H22N4/c1-4-12(17-15-7-11(2)5-6-16-15)8-19-10-13-14(19)9-18(13)3/h4-7,13-14H,8-10H2,1-3H3,(H,16,17)/b12-4-. The number of likely N-dealkylation sites (tertiary alicyclic amines) is 2. The first-order chi connectivity index (χ1) is 9.17. The van der Waals surface area contributed by atoms with Crippen LogP contribution in [-0.2, 0) is 0 Å². The second-order valence-electron chi connectivity index (χ2n) is 5.66. The Kier molecular flexibility index (Phi) is 3.29. The summed E-state index contributed by atoms with van der Waals surface area (Å²) in [6.07, 6.45) is 4.01. The highest BCUT2D eigenvalue weighted by molar-refractivity contribution is 5.43. The van der Waals surface area contributed by atoms with Gasteiger partial charge in [-0.1, -0.05) is 6.08 Å². The van der Waals surface area contributed by atoms with Crippen molar-refractivity contribution in [3.63, 3.8) is 0 Å². The molecule has 0 saturated carbocycles. The summed E-state index contributed by atoms with van der Waals surface area (Å²) in [5.41, 5.74) is 2.48. The highest BCUT2D eigenvalue weighted by Gasteiger charge is 2.49. The zero-order valence-electron chi connectivity index (χ0n) is 11.9. The average Bonchev–Trinajstić information content (AvgIpc) is 2.39. The summed E-state index contributed by atoms with van der Waals surface area (Å²) in [6, 6.07) is 5.67. The zero-order chi connectivity index (χ0) is 13.4. The molecule has 2 fully saturated rings. The van der Waals surface area contributed by atoms with E-state index >= 15 is 0 Å². The van der Waals surface area contributed by atoms with Crippen molar-refractivity contribution < 1.29 is 0 Å². The lowest BCUT2D eigenvalue weighted by molar-refractivity contribution is -0.105. The third kappa shape index (κ3) is 2.38. The van der Waals surface area contributed by atoms with Gasteiger partial charge in [0.25, 0.3) is 0 Å². The van der Waals surface area contributed by atoms with Crippen LogP contribution in [0.4, 0.5) is 5.82 Å². The molecule has 19 heavy (non-hydrogen) atoms. The normalized spacial score (nSPS) is 27.4. The predicted octanol–water partition coefficient (Wildman–Crippen LogP) is 1.70. The van der Waals surface area contributed by atoms with Crippen LogP contribution in [0.1, 0.15) is 12.5 Å². The fraction of sp³-hybridized carbons (Fsp3) is 0.533. The van der Waals surface area contributed by atoms with Crippen LogP contribution in [0.5, 0.6) is 0 Å². The number of nitrogens with one attached hydrogen (secondary N) is 1. The molecule has 102 valence electrons. The number of anilines is 1. The topological polar surface area (TPSA) is 31.4 Å². The van der Waals surface area contributed by atoms with Crippen molar-refractivity contribution in [2.75, 3.05) is 32.0 Å². The second kappa shape index (κ2) is 4.94. The number of rotatable bonds is 4. The summed E-state index contributed by atoms with van der Waals surface area (Å²) in [6.45, 7) is 7.58. The molecule has 0 aliphatic carbocycles. The van der Waals surface area contributed by atoms with Crippen molar-refractivity contribution in [2.45, 2.75) is 25.9 Å². The Bertz CT molecular complexity index is 497. The van der Waals surface area contributed by atoms with Crippen molar-refractivity contribution in [1.82, 2.24) is 14.8 Å². The summed E-state index contributed by atoms with van der Waals surface area (Å²) in [5.74, 6) is 0.941. The Morgan fingerprint density at radius 3 is 2.89 bits per heavy atom. The molecule has 0 spiro atoms. The van der Waals surface area contributed by atoms with Crippen LogP contribution in [0.15, 0.2) is 30.1 Å². The van der Waals surface area contributed by atoms with E-state index in [1.54, 1.807) is 0 Å². The molecule has 2 atom stereocenters. The van der Waals surface area contributed by atoms with E-state index in [0.29, 0.717) is 0 Å². The van der Waals surface area contributed by atoms with Crippen molar-refractivity contribution >= 4 is 5.82 Å². The highest BCUT2D eigenvalue weighted by atomic mass is 15.4. The van der Waals surface area contributed by atoms with Gasteiger partial charge >= 0.3 is 0 Å². The molecular weight excluding hydrogens is 236 g/mol. The summed E-state index contributed by atoms with van der Waals surface area (Å²) in [4.78, 5) is 9.34. The smallest absolute Gasteiger partial charge is 0.130 e. The van der Waals surface area contributed by atoms with Gasteiger partial charge in [0.05, 0.1) is 0 Å². The SMILES string of the molecule is C/C=C(/CN1CC2C1CN2C)Nc1cc(C)ccn1. The van der Waals surface area contributed by atoms with Gasteiger partial charge in [-0.15, -0.1) is 0 Å². The Morgan fingerprint density at radius 1 is 1.47 bits per heavy atom. The van der Waals surface area contributed by atoms with Crippen molar-refractivity contribution in [1.29, 1.82) is 0 Å². The highest BCUT2D eigenvalue weighted by Crippen LogP contribution is 2.32. The molecular formula is C15H22N4. The molecule has 4 heteroatoms. The number of piperazine rings is 1.